The summed E-state index contributed by atoms with van der Waals surface area (Å²) in [6, 6.07) is 0. The van der Waals surface area contributed by atoms with Crippen LogP contribution in [0, 0.1) is 5.41 Å². The van der Waals surface area contributed by atoms with Gasteiger partial charge in [-0.3, -0.25) is 0 Å². The van der Waals surface area contributed by atoms with E-state index in [1.807, 2.05) is 0 Å². The van der Waals surface area contributed by atoms with Crippen LogP contribution in [-0.4, -0.2) is 15.7 Å². The van der Waals surface area contributed by atoms with E-state index in [4.69, 9.17) is 0 Å². The molecule has 0 heterocycles. The minimum atomic E-state index is 0.486. The van der Waals surface area contributed by atoms with Gasteiger partial charge in [-0.1, -0.05) is 45.8 Å². The maximum atomic E-state index is 2.35. The van der Waals surface area contributed by atoms with Crippen molar-refractivity contribution in [3.8, 4) is 0 Å². The van der Waals surface area contributed by atoms with Crippen LogP contribution in [0.2, 0.25) is 11.6 Å². The summed E-state index contributed by atoms with van der Waals surface area (Å²) in [4.78, 5) is 0. The van der Waals surface area contributed by atoms with Gasteiger partial charge in [-0.05, 0) is 5.41 Å². The van der Waals surface area contributed by atoms with E-state index in [1.165, 1.54) is 12.7 Å². The topological polar surface area (TPSA) is 0 Å². The van der Waals surface area contributed by atoms with Crippen molar-refractivity contribution >= 4 is 15.7 Å². The van der Waals surface area contributed by atoms with Gasteiger partial charge in [-0.25, -0.2) is 0 Å². The molecule has 0 aromatic rings. The molecule has 0 saturated carbocycles. The number of hydrogen-bond acceptors (Lipinski definition) is 0. The summed E-state index contributed by atoms with van der Waals surface area (Å²) in [6.07, 6.45) is 2.60. The van der Waals surface area contributed by atoms with Crippen LogP contribution < -0.4 is 0 Å². The molecule has 0 aliphatic rings. The minimum absolute atomic E-state index is 0.486. The average molecular weight is 138 g/mol. The van der Waals surface area contributed by atoms with Gasteiger partial charge in [0.15, 0.2) is 0 Å². The molecule has 0 atom stereocenters. The lowest BCUT2D eigenvalue weighted by molar-refractivity contribution is 0.331. The highest BCUT2D eigenvalue weighted by atomic mass is 14.2. The maximum Gasteiger partial charge on any atom is 0.108 e. The van der Waals surface area contributed by atoms with Gasteiger partial charge in [0.2, 0.25) is 0 Å². The summed E-state index contributed by atoms with van der Waals surface area (Å²) in [5.74, 6) is 0. The van der Waals surface area contributed by atoms with Crippen LogP contribution in [0.1, 0.15) is 34.1 Å². The molecule has 0 aliphatic heterocycles. The van der Waals surface area contributed by atoms with Gasteiger partial charge in [0, 0.05) is 0 Å². The molecular formula is C8H20B2. The van der Waals surface area contributed by atoms with Crippen LogP contribution >= 0.6 is 0 Å². The summed E-state index contributed by atoms with van der Waals surface area (Å²) in [5.41, 5.74) is 0.526. The first-order chi connectivity index (χ1) is 4.27. The monoisotopic (exact) mass is 138 g/mol. The minimum Gasteiger partial charge on any atom is -0.0760 e. The largest absolute Gasteiger partial charge is 0.108 e. The fourth-order valence-corrected chi connectivity index (χ4v) is 1.56. The van der Waals surface area contributed by atoms with Crippen molar-refractivity contribution in [2.24, 2.45) is 5.41 Å². The highest BCUT2D eigenvalue weighted by Crippen LogP contribution is 2.37. The Balaban J connectivity index is 3.89. The molecule has 0 aromatic carbocycles. The van der Waals surface area contributed by atoms with Crippen LogP contribution in [0.25, 0.3) is 0 Å². The molecular weight excluding hydrogens is 118 g/mol. The molecule has 0 unspecified atom stereocenters. The summed E-state index contributed by atoms with van der Waals surface area (Å²) in [6.45, 7) is 9.31. The Morgan fingerprint density at radius 1 is 1.10 bits per heavy atom. The molecule has 0 aliphatic carbocycles. The Hall–Kier alpha value is 0.130. The fourth-order valence-electron chi connectivity index (χ4n) is 1.56. The van der Waals surface area contributed by atoms with Crippen molar-refractivity contribution in [2.75, 3.05) is 0 Å². The summed E-state index contributed by atoms with van der Waals surface area (Å²) in [7, 11) is 4.58. The Bertz CT molecular complexity index is 100. The van der Waals surface area contributed by atoms with Gasteiger partial charge >= 0.3 is 0 Å². The van der Waals surface area contributed by atoms with Crippen molar-refractivity contribution < 1.29 is 0 Å². The fraction of sp³-hybridized carbons (Fsp3) is 1.00. The Morgan fingerprint density at radius 2 is 1.50 bits per heavy atom. The molecule has 0 radical (unpaired) electrons. The zero-order valence-electron chi connectivity index (χ0n) is 8.41. The van der Waals surface area contributed by atoms with E-state index in [2.05, 4.69) is 43.4 Å². The Morgan fingerprint density at radius 3 is 1.60 bits per heavy atom. The highest BCUT2D eigenvalue weighted by Gasteiger charge is 2.22. The first-order valence-corrected chi connectivity index (χ1v) is 4.27. The molecule has 0 fully saturated rings. The molecule has 0 aromatic heterocycles. The second-order valence-electron chi connectivity index (χ2n) is 5.26. The molecule has 0 spiro atoms. The number of hydrogen-bond donors (Lipinski definition) is 0. The van der Waals surface area contributed by atoms with Crippen LogP contribution in [0.15, 0.2) is 0 Å². The second kappa shape index (κ2) is 3.02. The standard InChI is InChI=1S/C8H20B2/c1-7(2,6-9)5-8(3,4)10/h5-6,9-10H2,1-4H3. The smallest absolute Gasteiger partial charge is 0.0760 e. The molecule has 0 rings (SSSR count). The average Bonchev–Trinajstić information content (AvgIpc) is 1.60. The summed E-state index contributed by atoms with van der Waals surface area (Å²) < 4.78 is 0. The quantitative estimate of drug-likeness (QED) is 0.515. The van der Waals surface area contributed by atoms with Gasteiger partial charge < -0.3 is 0 Å². The van der Waals surface area contributed by atoms with E-state index in [-0.39, 0.29) is 0 Å². The third-order valence-corrected chi connectivity index (χ3v) is 1.97. The van der Waals surface area contributed by atoms with Gasteiger partial charge in [0.05, 0.1) is 0 Å². The van der Waals surface area contributed by atoms with Crippen molar-refractivity contribution in [3.05, 3.63) is 0 Å². The molecule has 0 N–H and O–H groups in total. The van der Waals surface area contributed by atoms with Crippen molar-refractivity contribution in [2.45, 2.75) is 45.8 Å². The van der Waals surface area contributed by atoms with Crippen LogP contribution in [-0.2, 0) is 0 Å². The van der Waals surface area contributed by atoms with E-state index in [0.29, 0.717) is 10.7 Å². The molecule has 10 heavy (non-hydrogen) atoms. The van der Waals surface area contributed by atoms with E-state index < -0.39 is 0 Å². The van der Waals surface area contributed by atoms with Crippen molar-refractivity contribution in [1.82, 2.24) is 0 Å². The first kappa shape index (κ1) is 10.1. The van der Waals surface area contributed by atoms with Gasteiger partial charge in [-0.15, -0.1) is 0 Å². The van der Waals surface area contributed by atoms with Crippen LogP contribution in [0.5, 0.6) is 0 Å². The molecule has 0 bridgehead atoms. The van der Waals surface area contributed by atoms with E-state index in [9.17, 15) is 0 Å². The van der Waals surface area contributed by atoms with Gasteiger partial charge in [-0.2, -0.15) is 0 Å². The lowest BCUT2D eigenvalue weighted by atomic mass is 9.61. The lowest BCUT2D eigenvalue weighted by Gasteiger charge is -2.31. The number of rotatable bonds is 3. The zero-order chi connectivity index (χ0) is 8.41. The molecule has 0 saturated heterocycles. The van der Waals surface area contributed by atoms with E-state index in [1.54, 1.807) is 0 Å². The molecule has 0 nitrogen and oxygen atoms in total. The van der Waals surface area contributed by atoms with Crippen LogP contribution in [0.4, 0.5) is 0 Å². The van der Waals surface area contributed by atoms with Crippen molar-refractivity contribution in [1.29, 1.82) is 0 Å². The predicted octanol–water partition coefficient (Wildman–Crippen LogP) is 1.29. The zero-order valence-corrected chi connectivity index (χ0v) is 8.41. The summed E-state index contributed by atoms with van der Waals surface area (Å²) >= 11 is 0. The SMILES string of the molecule is BCC(C)(C)CC(B)(C)C. The van der Waals surface area contributed by atoms with Crippen LogP contribution in [0.3, 0.4) is 0 Å². The first-order valence-electron chi connectivity index (χ1n) is 4.27. The molecule has 58 valence electrons. The lowest BCUT2D eigenvalue weighted by Crippen LogP contribution is -2.18. The van der Waals surface area contributed by atoms with Gasteiger partial charge in [0.1, 0.15) is 15.7 Å². The highest BCUT2D eigenvalue weighted by molar-refractivity contribution is 6.14. The second-order valence-corrected chi connectivity index (χ2v) is 5.26. The molecule has 0 amide bonds. The predicted molar refractivity (Wildman–Crippen MR) is 54.3 cm³/mol. The third-order valence-electron chi connectivity index (χ3n) is 1.97. The summed E-state index contributed by atoms with van der Waals surface area (Å²) in [5, 5.41) is 0.486. The van der Waals surface area contributed by atoms with E-state index in [0.717, 1.165) is 0 Å². The normalized spacial score (nSPS) is 13.6. The Kier molecular flexibility index (Phi) is 3.06. The molecule has 2 heteroatoms. The Labute approximate surface area is 67.6 Å². The van der Waals surface area contributed by atoms with E-state index >= 15 is 0 Å². The third kappa shape index (κ3) is 4.96. The van der Waals surface area contributed by atoms with Gasteiger partial charge in [0.25, 0.3) is 0 Å². The van der Waals surface area contributed by atoms with Crippen molar-refractivity contribution in [3.63, 3.8) is 0 Å². The maximum absolute atomic E-state index is 2.35.